The van der Waals surface area contributed by atoms with E-state index in [2.05, 4.69) is 36.3 Å². The van der Waals surface area contributed by atoms with Crippen LogP contribution in [0.15, 0.2) is 11.4 Å². The predicted octanol–water partition coefficient (Wildman–Crippen LogP) is 2.23. The second kappa shape index (κ2) is 8.38. The Morgan fingerprint density at radius 2 is 2.04 bits per heavy atom. The number of nitrogens with one attached hydrogen (secondary N) is 2. The fourth-order valence-corrected chi connectivity index (χ4v) is 4.00. The minimum absolute atomic E-state index is 0. The van der Waals surface area contributed by atoms with Crippen LogP contribution in [0.25, 0.3) is 0 Å². The average molecular weight is 389 g/mol. The Morgan fingerprint density at radius 1 is 1.21 bits per heavy atom. The quantitative estimate of drug-likeness (QED) is 0.839. The molecule has 0 aliphatic carbocycles. The molecule has 24 heavy (non-hydrogen) atoms. The molecule has 0 saturated carbocycles. The van der Waals surface area contributed by atoms with Crippen molar-refractivity contribution in [1.29, 1.82) is 0 Å². The Kier molecular flexibility index (Phi) is 6.74. The Balaban J connectivity index is 0.00000104. The number of halogens is 2. The molecule has 4 rings (SSSR count). The van der Waals surface area contributed by atoms with Gasteiger partial charge < -0.3 is 15.2 Å². The number of aromatic nitrogens is 4. The minimum atomic E-state index is 0. The maximum absolute atomic E-state index is 4.67. The maximum atomic E-state index is 4.67. The molecule has 0 atom stereocenters. The van der Waals surface area contributed by atoms with Crippen molar-refractivity contribution >= 4 is 42.4 Å². The van der Waals surface area contributed by atoms with Gasteiger partial charge in [0.25, 0.3) is 0 Å². The monoisotopic (exact) mass is 388 g/mol. The van der Waals surface area contributed by atoms with Gasteiger partial charge in [0, 0.05) is 37.0 Å². The van der Waals surface area contributed by atoms with Crippen LogP contribution >= 0.6 is 36.6 Å². The van der Waals surface area contributed by atoms with Crippen molar-refractivity contribution in [1.82, 2.24) is 24.8 Å². The summed E-state index contributed by atoms with van der Waals surface area (Å²) in [6.07, 6.45) is 4.10. The number of thioether (sulfide) groups is 1. The molecule has 9 heteroatoms. The van der Waals surface area contributed by atoms with Crippen LogP contribution in [-0.2, 0) is 25.9 Å². The third-order valence-corrected chi connectivity index (χ3v) is 5.06. The third kappa shape index (κ3) is 3.96. The van der Waals surface area contributed by atoms with Crippen molar-refractivity contribution in [3.05, 3.63) is 29.0 Å². The van der Waals surface area contributed by atoms with Gasteiger partial charge in [0.15, 0.2) is 5.16 Å². The summed E-state index contributed by atoms with van der Waals surface area (Å²) >= 11 is 1.83. The Labute approximate surface area is 158 Å². The van der Waals surface area contributed by atoms with E-state index in [9.17, 15) is 0 Å². The molecule has 132 valence electrons. The smallest absolute Gasteiger partial charge is 0.168 e. The summed E-state index contributed by atoms with van der Waals surface area (Å²) in [4.78, 5) is 13.9. The highest BCUT2D eigenvalue weighted by molar-refractivity contribution is 7.99. The molecular weight excluding hydrogens is 367 g/mol. The van der Waals surface area contributed by atoms with Gasteiger partial charge in [-0.2, -0.15) is 0 Å². The van der Waals surface area contributed by atoms with E-state index >= 15 is 0 Å². The zero-order valence-electron chi connectivity index (χ0n) is 13.5. The molecule has 6 nitrogen and oxygen atoms in total. The summed E-state index contributed by atoms with van der Waals surface area (Å²) in [5, 5.41) is 8.05. The molecular formula is C15H22Cl2N6S. The number of anilines is 1. The van der Waals surface area contributed by atoms with Crippen LogP contribution in [0.1, 0.15) is 22.8 Å². The number of aryl methyl sites for hydroxylation is 2. The highest BCUT2D eigenvalue weighted by Gasteiger charge is 2.17. The van der Waals surface area contributed by atoms with Crippen molar-refractivity contribution in [2.45, 2.75) is 38.0 Å². The second-order valence-electron chi connectivity index (χ2n) is 5.70. The van der Waals surface area contributed by atoms with E-state index in [4.69, 9.17) is 0 Å². The lowest BCUT2D eigenvalue weighted by Gasteiger charge is -2.13. The van der Waals surface area contributed by atoms with Crippen LogP contribution in [0.2, 0.25) is 0 Å². The normalized spacial score (nSPS) is 15.5. The van der Waals surface area contributed by atoms with Crippen LogP contribution in [0.3, 0.4) is 0 Å². The number of nitrogens with zero attached hydrogens (tertiary/aromatic N) is 4. The number of hydrogen-bond donors (Lipinski definition) is 2. The molecule has 2 aliphatic rings. The van der Waals surface area contributed by atoms with Crippen molar-refractivity contribution in [2.75, 3.05) is 24.2 Å². The van der Waals surface area contributed by atoms with E-state index < -0.39 is 0 Å². The molecule has 4 heterocycles. The third-order valence-electron chi connectivity index (χ3n) is 4.09. The fourth-order valence-electron chi connectivity index (χ4n) is 3.04. The number of imidazole rings is 1. The number of fused-ring (bicyclic) bond motifs is 2. The van der Waals surface area contributed by atoms with Crippen molar-refractivity contribution in [3.8, 4) is 0 Å². The number of rotatable bonds is 3. The molecule has 0 bridgehead atoms. The SMILES string of the molecule is Cc1nc2c(c(NCc3cn4c(n3)SCC4)n1)CCNCC2.Cl.Cl. The number of hydrogen-bond acceptors (Lipinski definition) is 6. The summed E-state index contributed by atoms with van der Waals surface area (Å²) in [6.45, 7) is 5.74. The molecule has 2 aliphatic heterocycles. The van der Waals surface area contributed by atoms with E-state index in [1.54, 1.807) is 0 Å². The van der Waals surface area contributed by atoms with E-state index in [0.717, 1.165) is 67.3 Å². The maximum Gasteiger partial charge on any atom is 0.168 e. The first-order valence-electron chi connectivity index (χ1n) is 7.79. The molecule has 0 fully saturated rings. The van der Waals surface area contributed by atoms with Gasteiger partial charge >= 0.3 is 0 Å². The summed E-state index contributed by atoms with van der Waals surface area (Å²) in [7, 11) is 0. The lowest BCUT2D eigenvalue weighted by atomic mass is 10.1. The molecule has 0 saturated heterocycles. The summed E-state index contributed by atoms with van der Waals surface area (Å²) in [6, 6.07) is 0. The Morgan fingerprint density at radius 3 is 2.88 bits per heavy atom. The molecule has 0 spiro atoms. The lowest BCUT2D eigenvalue weighted by Crippen LogP contribution is -2.16. The molecule has 0 unspecified atom stereocenters. The molecule has 2 N–H and O–H groups in total. The predicted molar refractivity (Wildman–Crippen MR) is 102 cm³/mol. The zero-order chi connectivity index (χ0) is 14.9. The summed E-state index contributed by atoms with van der Waals surface area (Å²) in [5.74, 6) is 2.96. The van der Waals surface area contributed by atoms with Gasteiger partial charge in [-0.05, 0) is 19.9 Å². The largest absolute Gasteiger partial charge is 0.364 e. The standard InChI is InChI=1S/C15H20N6S.2ClH/c1-10-18-13-3-5-16-4-2-12(13)14(19-10)17-8-11-9-21-6-7-22-15(21)20-11;;/h9,16H,2-8H2,1H3,(H,17,18,19);2*1H. The van der Waals surface area contributed by atoms with Crippen LogP contribution in [0, 0.1) is 6.92 Å². The average Bonchev–Trinajstić information content (AvgIpc) is 2.99. The van der Waals surface area contributed by atoms with Crippen LogP contribution in [0.4, 0.5) is 5.82 Å². The zero-order valence-corrected chi connectivity index (χ0v) is 16.0. The first-order valence-corrected chi connectivity index (χ1v) is 8.78. The first-order chi connectivity index (χ1) is 10.8. The topological polar surface area (TPSA) is 67.7 Å². The van der Waals surface area contributed by atoms with Crippen LogP contribution < -0.4 is 10.6 Å². The van der Waals surface area contributed by atoms with Gasteiger partial charge in [-0.3, -0.25) is 0 Å². The van der Waals surface area contributed by atoms with Gasteiger partial charge in [-0.15, -0.1) is 24.8 Å². The molecule has 0 aromatic carbocycles. The van der Waals surface area contributed by atoms with E-state index in [-0.39, 0.29) is 24.8 Å². The van der Waals surface area contributed by atoms with E-state index in [1.807, 2.05) is 18.7 Å². The van der Waals surface area contributed by atoms with Gasteiger partial charge in [0.1, 0.15) is 11.6 Å². The molecule has 2 aromatic heterocycles. The van der Waals surface area contributed by atoms with Gasteiger partial charge in [0.2, 0.25) is 0 Å². The minimum Gasteiger partial charge on any atom is -0.364 e. The second-order valence-corrected chi connectivity index (χ2v) is 6.77. The highest BCUT2D eigenvalue weighted by Crippen LogP contribution is 2.25. The first kappa shape index (κ1) is 19.3. The molecule has 0 radical (unpaired) electrons. The van der Waals surface area contributed by atoms with Crippen LogP contribution in [0.5, 0.6) is 0 Å². The summed E-state index contributed by atoms with van der Waals surface area (Å²) < 4.78 is 2.23. The van der Waals surface area contributed by atoms with Gasteiger partial charge in [-0.25, -0.2) is 15.0 Å². The van der Waals surface area contributed by atoms with E-state index in [0.29, 0.717) is 0 Å². The van der Waals surface area contributed by atoms with Crippen molar-refractivity contribution in [2.24, 2.45) is 0 Å². The van der Waals surface area contributed by atoms with Gasteiger partial charge in [0.05, 0.1) is 17.9 Å². The highest BCUT2D eigenvalue weighted by atomic mass is 35.5. The molecule has 2 aromatic rings. The summed E-state index contributed by atoms with van der Waals surface area (Å²) in [5.41, 5.74) is 3.53. The van der Waals surface area contributed by atoms with E-state index in [1.165, 1.54) is 11.3 Å². The van der Waals surface area contributed by atoms with Crippen LogP contribution in [-0.4, -0.2) is 38.4 Å². The van der Waals surface area contributed by atoms with Gasteiger partial charge in [-0.1, -0.05) is 11.8 Å². The fraction of sp³-hybridized carbons (Fsp3) is 0.533. The Bertz CT molecular complexity index is 684. The molecule has 0 amide bonds. The van der Waals surface area contributed by atoms with Crippen molar-refractivity contribution < 1.29 is 0 Å². The lowest BCUT2D eigenvalue weighted by molar-refractivity contribution is 0.708. The van der Waals surface area contributed by atoms with Crippen molar-refractivity contribution in [3.63, 3.8) is 0 Å². The Hall–Kier alpha value is -1.02.